The summed E-state index contributed by atoms with van der Waals surface area (Å²) in [5.74, 6) is 6.24. The van der Waals surface area contributed by atoms with E-state index >= 15 is 0 Å². The van der Waals surface area contributed by atoms with Crippen LogP contribution in [0.25, 0.3) is 0 Å². The van der Waals surface area contributed by atoms with Gasteiger partial charge in [0.1, 0.15) is 11.5 Å². The Labute approximate surface area is 176 Å². The first-order valence-electron chi connectivity index (χ1n) is 10.0. The quantitative estimate of drug-likeness (QED) is 0.587. The van der Waals surface area contributed by atoms with Crippen molar-refractivity contribution < 1.29 is 14.6 Å². The maximum atomic E-state index is 12.6. The fourth-order valence-electron chi connectivity index (χ4n) is 5.63. The average molecular weight is 404 g/mol. The fraction of sp³-hybridized carbons (Fsp3) is 0.417. The zero-order valence-corrected chi connectivity index (χ0v) is 17.7. The summed E-state index contributed by atoms with van der Waals surface area (Å²) in [6.07, 6.45) is 0.169. The number of hydrazine groups is 1. The van der Waals surface area contributed by atoms with Gasteiger partial charge in [0.05, 0.1) is 23.5 Å². The Morgan fingerprint density at radius 1 is 1.13 bits per heavy atom. The lowest BCUT2D eigenvalue weighted by Gasteiger charge is -2.24. The van der Waals surface area contributed by atoms with Gasteiger partial charge in [0.25, 0.3) is 0 Å². The van der Waals surface area contributed by atoms with Gasteiger partial charge < -0.3 is 14.6 Å². The number of carboxylic acids is 1. The molecule has 2 aromatic rings. The van der Waals surface area contributed by atoms with Crippen LogP contribution in [0.15, 0.2) is 54.6 Å². The summed E-state index contributed by atoms with van der Waals surface area (Å²) in [7, 11) is 0. The largest absolute Gasteiger partial charge is 0.549 e. The third-order valence-corrected chi connectivity index (χ3v) is 7.49. The number of hydrogen-bond acceptors (Lipinski definition) is 6. The predicted octanol–water partition coefficient (Wildman–Crippen LogP) is 2.64. The molecule has 6 heteroatoms. The highest BCUT2D eigenvalue weighted by Gasteiger charge is 2.91. The van der Waals surface area contributed by atoms with Gasteiger partial charge in [-0.15, -0.1) is 0 Å². The maximum absolute atomic E-state index is 12.6. The van der Waals surface area contributed by atoms with Crippen LogP contribution in [-0.4, -0.2) is 22.6 Å². The molecule has 0 spiro atoms. The molecule has 4 atom stereocenters. The number of para-hydroxylation sites is 1. The molecule has 0 aromatic heterocycles. The minimum Gasteiger partial charge on any atom is -0.549 e. The summed E-state index contributed by atoms with van der Waals surface area (Å²) >= 11 is 0. The highest BCUT2D eigenvalue weighted by molar-refractivity contribution is 5.84. The number of ether oxygens (including phenoxy) is 1. The first-order valence-corrected chi connectivity index (χ1v) is 10.0. The Morgan fingerprint density at radius 2 is 1.73 bits per heavy atom. The molecule has 4 unspecified atom stereocenters. The molecule has 1 saturated carbocycles. The summed E-state index contributed by atoms with van der Waals surface area (Å²) < 4.78 is 5.90. The molecule has 1 saturated heterocycles. The summed E-state index contributed by atoms with van der Waals surface area (Å²) in [6.45, 7) is 7.52. The lowest BCUT2D eigenvalue weighted by Crippen LogP contribution is -2.41. The standard InChI is InChI=1S/C24H27N3O3/c1-21(2)19(27(21)26)24(15-25)22(3,4)23(24,20(28)29)14-16-9-8-12-18(13-16)30-17-10-6-5-7-11-17/h5-13,19H,14,26H2,1-4H3,(H,28,29)/p-1. The number of nitrogens with two attached hydrogens (primary N) is 1. The number of benzene rings is 2. The number of carbonyl (C=O) groups is 1. The van der Waals surface area contributed by atoms with Crippen LogP contribution < -0.4 is 15.7 Å². The third kappa shape index (κ3) is 2.39. The fourth-order valence-corrected chi connectivity index (χ4v) is 5.63. The van der Waals surface area contributed by atoms with E-state index in [4.69, 9.17) is 10.6 Å². The summed E-state index contributed by atoms with van der Waals surface area (Å²) in [5.41, 5.74) is -2.97. The van der Waals surface area contributed by atoms with E-state index in [2.05, 4.69) is 6.07 Å². The Morgan fingerprint density at radius 3 is 2.27 bits per heavy atom. The Bertz CT molecular complexity index is 1040. The van der Waals surface area contributed by atoms with E-state index in [0.29, 0.717) is 11.5 Å². The molecular weight excluding hydrogens is 378 g/mol. The second kappa shape index (κ2) is 6.31. The SMILES string of the molecule is CC1(C)C(C2(C#N)C(C)(C)C2(Cc2cccc(Oc3ccccc3)c2)C(=O)[O-])N1N. The van der Waals surface area contributed by atoms with E-state index in [1.54, 1.807) is 5.01 Å². The second-order valence-corrected chi connectivity index (χ2v) is 9.44. The van der Waals surface area contributed by atoms with E-state index in [0.717, 1.165) is 5.56 Å². The maximum Gasteiger partial charge on any atom is 0.127 e. The van der Waals surface area contributed by atoms with E-state index in [9.17, 15) is 15.2 Å². The third-order valence-electron chi connectivity index (χ3n) is 7.49. The van der Waals surface area contributed by atoms with Gasteiger partial charge >= 0.3 is 0 Å². The molecule has 30 heavy (non-hydrogen) atoms. The molecule has 1 heterocycles. The van der Waals surface area contributed by atoms with Crippen LogP contribution in [0.3, 0.4) is 0 Å². The van der Waals surface area contributed by atoms with Crippen molar-refractivity contribution in [3.05, 3.63) is 60.2 Å². The Hall–Kier alpha value is -2.88. The van der Waals surface area contributed by atoms with Gasteiger partial charge in [-0.1, -0.05) is 44.2 Å². The highest BCUT2D eigenvalue weighted by Crippen LogP contribution is 2.84. The molecule has 1 aliphatic heterocycles. The van der Waals surface area contributed by atoms with Crippen LogP contribution in [-0.2, 0) is 11.2 Å². The Balaban J connectivity index is 1.70. The van der Waals surface area contributed by atoms with Gasteiger partial charge in [-0.3, -0.25) is 5.84 Å². The molecule has 6 nitrogen and oxygen atoms in total. The van der Waals surface area contributed by atoms with Crippen LogP contribution in [0.1, 0.15) is 33.3 Å². The van der Waals surface area contributed by atoms with Crippen LogP contribution >= 0.6 is 0 Å². The van der Waals surface area contributed by atoms with E-state index in [1.165, 1.54) is 0 Å². The molecule has 1 aliphatic carbocycles. The van der Waals surface area contributed by atoms with Gasteiger partial charge in [-0.25, -0.2) is 5.01 Å². The second-order valence-electron chi connectivity index (χ2n) is 9.44. The van der Waals surface area contributed by atoms with Gasteiger partial charge in [0, 0.05) is 11.0 Å². The van der Waals surface area contributed by atoms with Crippen molar-refractivity contribution in [2.45, 2.75) is 45.7 Å². The van der Waals surface area contributed by atoms with E-state index in [-0.39, 0.29) is 12.5 Å². The van der Waals surface area contributed by atoms with E-state index < -0.39 is 27.8 Å². The molecule has 4 rings (SSSR count). The number of hydrogen-bond donors (Lipinski definition) is 1. The molecule has 156 valence electrons. The van der Waals surface area contributed by atoms with Crippen molar-refractivity contribution in [2.24, 2.45) is 22.1 Å². The molecule has 0 bridgehead atoms. The summed E-state index contributed by atoms with van der Waals surface area (Å²) in [5, 5.41) is 24.4. The minimum absolute atomic E-state index is 0.169. The number of rotatable bonds is 6. The van der Waals surface area contributed by atoms with Gasteiger partial charge in [0.15, 0.2) is 0 Å². The molecule has 2 N–H and O–H groups in total. The topological polar surface area (TPSA) is 102 Å². The Kier molecular flexibility index (Phi) is 4.29. The van der Waals surface area contributed by atoms with Crippen LogP contribution in [0, 0.1) is 27.6 Å². The number of carbonyl (C=O) groups excluding carboxylic acids is 1. The van der Waals surface area contributed by atoms with Crippen LogP contribution in [0.4, 0.5) is 0 Å². The highest BCUT2D eigenvalue weighted by atomic mass is 16.5. The zero-order chi connectivity index (χ0) is 21.9. The zero-order valence-electron chi connectivity index (χ0n) is 17.7. The van der Waals surface area contributed by atoms with Crippen molar-refractivity contribution in [1.82, 2.24) is 5.01 Å². The van der Waals surface area contributed by atoms with E-state index in [1.807, 2.05) is 82.3 Å². The van der Waals surface area contributed by atoms with Gasteiger partial charge in [0.2, 0.25) is 0 Å². The van der Waals surface area contributed by atoms with Crippen LogP contribution in [0.2, 0.25) is 0 Å². The smallest absolute Gasteiger partial charge is 0.127 e. The first-order chi connectivity index (χ1) is 14.1. The molecular formula is C24H26N3O3-. The van der Waals surface area contributed by atoms with Crippen molar-refractivity contribution >= 4 is 5.97 Å². The van der Waals surface area contributed by atoms with Gasteiger partial charge in [-0.2, -0.15) is 5.26 Å². The van der Waals surface area contributed by atoms with Crippen molar-refractivity contribution in [1.29, 1.82) is 5.26 Å². The molecule has 2 aromatic carbocycles. The number of carboxylic acid groups (broad SMARTS) is 1. The number of nitriles is 1. The lowest BCUT2D eigenvalue weighted by atomic mass is 9.82. The summed E-state index contributed by atoms with van der Waals surface area (Å²) in [6, 6.07) is 18.7. The average Bonchev–Trinajstić information content (AvgIpc) is 3.37. The lowest BCUT2D eigenvalue weighted by molar-refractivity contribution is -0.316. The number of nitrogens with zero attached hydrogens (tertiary/aromatic N) is 2. The molecule has 2 fully saturated rings. The van der Waals surface area contributed by atoms with Crippen molar-refractivity contribution in [2.75, 3.05) is 0 Å². The number of aliphatic carboxylic acids is 1. The van der Waals surface area contributed by atoms with Crippen LogP contribution in [0.5, 0.6) is 11.5 Å². The molecule has 0 radical (unpaired) electrons. The monoisotopic (exact) mass is 404 g/mol. The first kappa shape index (κ1) is 20.4. The minimum atomic E-state index is -1.35. The molecule has 0 amide bonds. The van der Waals surface area contributed by atoms with Crippen molar-refractivity contribution in [3.8, 4) is 17.6 Å². The summed E-state index contributed by atoms with van der Waals surface area (Å²) in [4.78, 5) is 12.6. The van der Waals surface area contributed by atoms with Crippen molar-refractivity contribution in [3.63, 3.8) is 0 Å². The molecule has 2 aliphatic rings. The predicted molar refractivity (Wildman–Crippen MR) is 110 cm³/mol. The normalized spacial score (nSPS) is 32.7. The van der Waals surface area contributed by atoms with Gasteiger partial charge in [-0.05, 0) is 55.5 Å².